The van der Waals surface area contributed by atoms with Gasteiger partial charge in [-0.25, -0.2) is 15.0 Å². The van der Waals surface area contributed by atoms with E-state index < -0.39 is 5.97 Å². The van der Waals surface area contributed by atoms with Crippen molar-refractivity contribution in [1.82, 2.24) is 15.0 Å². The molecular weight excluding hydrogens is 238 g/mol. The molecule has 0 saturated heterocycles. The third-order valence-electron chi connectivity index (χ3n) is 2.20. The minimum atomic E-state index is -0.845. The van der Waals surface area contributed by atoms with Gasteiger partial charge in [-0.2, -0.15) is 0 Å². The molecule has 2 heterocycles. The van der Waals surface area contributed by atoms with E-state index in [1.54, 1.807) is 12.3 Å². The van der Waals surface area contributed by atoms with E-state index in [0.29, 0.717) is 5.82 Å². The second kappa shape index (κ2) is 4.58. The average molecular weight is 249 g/mol. The molecule has 0 spiro atoms. The van der Waals surface area contributed by atoms with Crippen molar-refractivity contribution in [3.05, 3.63) is 28.7 Å². The summed E-state index contributed by atoms with van der Waals surface area (Å²) in [5.41, 5.74) is 1.49. The van der Waals surface area contributed by atoms with Gasteiger partial charge >= 0.3 is 5.97 Å². The van der Waals surface area contributed by atoms with Gasteiger partial charge in [-0.15, -0.1) is 11.3 Å². The fraction of sp³-hybridized carbons (Fsp3) is 0.273. The number of aromatic nitrogens is 3. The van der Waals surface area contributed by atoms with Crippen LogP contribution in [-0.4, -0.2) is 26.0 Å². The standard InChI is InChI=1S/C11H11N3O2S/c1-6-9(5-10(15)16)17-11(13-6)8-3-4-12-7(2)14-8/h3-4H,5H2,1-2H3,(H,15,16). The molecule has 0 aliphatic heterocycles. The van der Waals surface area contributed by atoms with Gasteiger partial charge in [-0.3, -0.25) is 4.79 Å². The zero-order valence-electron chi connectivity index (χ0n) is 9.47. The van der Waals surface area contributed by atoms with Gasteiger partial charge in [0.1, 0.15) is 16.5 Å². The molecule has 5 nitrogen and oxygen atoms in total. The molecule has 0 aliphatic rings. The van der Waals surface area contributed by atoms with Crippen LogP contribution >= 0.6 is 11.3 Å². The smallest absolute Gasteiger partial charge is 0.308 e. The van der Waals surface area contributed by atoms with Crippen molar-refractivity contribution in [3.8, 4) is 10.7 Å². The fourth-order valence-electron chi connectivity index (χ4n) is 1.41. The van der Waals surface area contributed by atoms with Crippen LogP contribution in [0.4, 0.5) is 0 Å². The van der Waals surface area contributed by atoms with E-state index in [1.165, 1.54) is 11.3 Å². The first kappa shape index (κ1) is 11.7. The first-order valence-electron chi connectivity index (χ1n) is 5.04. The number of carboxylic acid groups (broad SMARTS) is 1. The number of nitrogens with zero attached hydrogens (tertiary/aromatic N) is 3. The largest absolute Gasteiger partial charge is 0.481 e. The molecule has 0 bridgehead atoms. The van der Waals surface area contributed by atoms with Crippen molar-refractivity contribution in [2.24, 2.45) is 0 Å². The molecule has 2 aromatic heterocycles. The molecule has 0 aromatic carbocycles. The van der Waals surface area contributed by atoms with E-state index in [4.69, 9.17) is 5.11 Å². The van der Waals surface area contributed by atoms with Crippen LogP contribution in [0.3, 0.4) is 0 Å². The quantitative estimate of drug-likeness (QED) is 0.898. The molecule has 17 heavy (non-hydrogen) atoms. The van der Waals surface area contributed by atoms with Crippen LogP contribution in [0.5, 0.6) is 0 Å². The summed E-state index contributed by atoms with van der Waals surface area (Å²) in [5, 5.41) is 9.51. The molecule has 0 atom stereocenters. The van der Waals surface area contributed by atoms with Gasteiger partial charge in [0.05, 0.1) is 12.1 Å². The second-order valence-electron chi connectivity index (χ2n) is 3.59. The molecule has 1 N–H and O–H groups in total. The Morgan fingerprint density at radius 2 is 2.18 bits per heavy atom. The summed E-state index contributed by atoms with van der Waals surface area (Å²) in [4.78, 5) is 24.1. The van der Waals surface area contributed by atoms with Crippen LogP contribution in [0.25, 0.3) is 10.7 Å². The van der Waals surface area contributed by atoms with Gasteiger partial charge in [0.15, 0.2) is 0 Å². The van der Waals surface area contributed by atoms with E-state index in [-0.39, 0.29) is 6.42 Å². The summed E-state index contributed by atoms with van der Waals surface area (Å²) < 4.78 is 0. The molecular formula is C11H11N3O2S. The van der Waals surface area contributed by atoms with Crippen molar-refractivity contribution in [3.63, 3.8) is 0 Å². The molecule has 2 aromatic rings. The Kier molecular flexibility index (Phi) is 3.14. The Hall–Kier alpha value is -1.82. The summed E-state index contributed by atoms with van der Waals surface area (Å²) in [6, 6.07) is 1.77. The highest BCUT2D eigenvalue weighted by atomic mass is 32.1. The van der Waals surface area contributed by atoms with Gasteiger partial charge in [0.2, 0.25) is 0 Å². The van der Waals surface area contributed by atoms with Gasteiger partial charge < -0.3 is 5.11 Å². The number of hydrogen-bond donors (Lipinski definition) is 1. The summed E-state index contributed by atoms with van der Waals surface area (Å²) in [5.74, 6) is -0.169. The third kappa shape index (κ3) is 2.65. The number of aliphatic carboxylic acids is 1. The predicted octanol–water partition coefficient (Wildman–Crippen LogP) is 1.84. The van der Waals surface area contributed by atoms with Crippen LogP contribution in [0.15, 0.2) is 12.3 Å². The summed E-state index contributed by atoms with van der Waals surface area (Å²) >= 11 is 1.37. The Balaban J connectivity index is 2.37. The maximum absolute atomic E-state index is 10.7. The monoisotopic (exact) mass is 249 g/mol. The van der Waals surface area contributed by atoms with E-state index in [2.05, 4.69) is 15.0 Å². The predicted molar refractivity (Wildman–Crippen MR) is 64.0 cm³/mol. The maximum atomic E-state index is 10.7. The van der Waals surface area contributed by atoms with Crippen LogP contribution in [-0.2, 0) is 11.2 Å². The van der Waals surface area contributed by atoms with Crippen LogP contribution in [0, 0.1) is 13.8 Å². The van der Waals surface area contributed by atoms with Gasteiger partial charge in [0.25, 0.3) is 0 Å². The number of carboxylic acids is 1. The highest BCUT2D eigenvalue weighted by molar-refractivity contribution is 7.15. The average Bonchev–Trinajstić information content (AvgIpc) is 2.59. The second-order valence-corrected chi connectivity index (χ2v) is 4.67. The number of hydrogen-bond acceptors (Lipinski definition) is 5. The Morgan fingerprint density at radius 1 is 1.41 bits per heavy atom. The number of carbonyl (C=O) groups is 1. The highest BCUT2D eigenvalue weighted by Gasteiger charge is 2.13. The molecule has 0 aliphatic carbocycles. The Bertz CT molecular complexity index is 566. The lowest BCUT2D eigenvalue weighted by Crippen LogP contribution is -1.99. The molecule has 0 radical (unpaired) electrons. The fourth-order valence-corrected chi connectivity index (χ4v) is 2.44. The number of rotatable bonds is 3. The SMILES string of the molecule is Cc1nccc(-c2nc(C)c(CC(=O)O)s2)n1. The zero-order chi connectivity index (χ0) is 12.4. The van der Waals surface area contributed by atoms with Crippen molar-refractivity contribution in [2.45, 2.75) is 20.3 Å². The molecule has 0 saturated carbocycles. The number of thiazole rings is 1. The minimum Gasteiger partial charge on any atom is -0.481 e. The zero-order valence-corrected chi connectivity index (χ0v) is 10.3. The van der Waals surface area contributed by atoms with E-state index in [9.17, 15) is 4.79 Å². The summed E-state index contributed by atoms with van der Waals surface area (Å²) in [7, 11) is 0. The third-order valence-corrected chi connectivity index (χ3v) is 3.38. The van der Waals surface area contributed by atoms with Crippen molar-refractivity contribution in [1.29, 1.82) is 0 Å². The summed E-state index contributed by atoms with van der Waals surface area (Å²) in [6.45, 7) is 3.62. The van der Waals surface area contributed by atoms with Gasteiger partial charge in [-0.05, 0) is 19.9 Å². The van der Waals surface area contributed by atoms with E-state index in [0.717, 1.165) is 21.3 Å². The Morgan fingerprint density at radius 3 is 2.82 bits per heavy atom. The molecule has 2 rings (SSSR count). The Labute approximate surface area is 102 Å². The van der Waals surface area contributed by atoms with Crippen molar-refractivity contribution >= 4 is 17.3 Å². The van der Waals surface area contributed by atoms with Crippen molar-refractivity contribution in [2.75, 3.05) is 0 Å². The molecule has 0 unspecified atom stereocenters. The van der Waals surface area contributed by atoms with Gasteiger partial charge in [0, 0.05) is 11.1 Å². The summed E-state index contributed by atoms with van der Waals surface area (Å²) in [6.07, 6.45) is 1.68. The first-order valence-corrected chi connectivity index (χ1v) is 5.86. The first-order chi connectivity index (χ1) is 8.06. The molecule has 0 amide bonds. The lowest BCUT2D eigenvalue weighted by molar-refractivity contribution is -0.136. The van der Waals surface area contributed by atoms with Crippen LogP contribution < -0.4 is 0 Å². The topological polar surface area (TPSA) is 76.0 Å². The van der Waals surface area contributed by atoms with E-state index >= 15 is 0 Å². The molecule has 6 heteroatoms. The normalized spacial score (nSPS) is 10.5. The van der Waals surface area contributed by atoms with Crippen molar-refractivity contribution < 1.29 is 9.90 Å². The van der Waals surface area contributed by atoms with Crippen LogP contribution in [0.1, 0.15) is 16.4 Å². The minimum absolute atomic E-state index is 0.00751. The molecule has 88 valence electrons. The lowest BCUT2D eigenvalue weighted by atomic mass is 10.3. The molecule has 0 fully saturated rings. The van der Waals surface area contributed by atoms with Gasteiger partial charge in [-0.1, -0.05) is 0 Å². The highest BCUT2D eigenvalue weighted by Crippen LogP contribution is 2.26. The maximum Gasteiger partial charge on any atom is 0.308 e. The van der Waals surface area contributed by atoms with Crippen LogP contribution in [0.2, 0.25) is 0 Å². The number of aryl methyl sites for hydroxylation is 2. The van der Waals surface area contributed by atoms with E-state index in [1.807, 2.05) is 13.8 Å². The lowest BCUT2D eigenvalue weighted by Gasteiger charge is -1.95.